The highest BCUT2D eigenvalue weighted by Gasteiger charge is 2.23. The summed E-state index contributed by atoms with van der Waals surface area (Å²) in [6, 6.07) is 13.4. The van der Waals surface area contributed by atoms with Gasteiger partial charge in [-0.1, -0.05) is 25.1 Å². The quantitative estimate of drug-likeness (QED) is 0.890. The Balaban J connectivity index is 1.76. The van der Waals surface area contributed by atoms with E-state index in [9.17, 15) is 13.2 Å². The first-order valence-electron chi connectivity index (χ1n) is 8.84. The first kappa shape index (κ1) is 18.5. The van der Waals surface area contributed by atoms with Gasteiger partial charge in [-0.15, -0.1) is 0 Å². The summed E-state index contributed by atoms with van der Waals surface area (Å²) in [5, 5.41) is 0. The molecule has 3 rings (SSSR count). The Labute approximate surface area is 155 Å². The smallest absolute Gasteiger partial charge is 0.261 e. The molecule has 2 aromatic carbocycles. The number of amides is 1. The third kappa shape index (κ3) is 4.07. The maximum atomic E-state index is 12.6. The number of carbonyl (C=O) groups is 1. The van der Waals surface area contributed by atoms with Gasteiger partial charge < -0.3 is 4.90 Å². The van der Waals surface area contributed by atoms with E-state index in [2.05, 4.69) is 11.6 Å². The molecule has 6 heteroatoms. The largest absolute Gasteiger partial charge is 0.338 e. The first-order valence-corrected chi connectivity index (χ1v) is 10.3. The monoisotopic (exact) mass is 372 g/mol. The first-order chi connectivity index (χ1) is 12.4. The van der Waals surface area contributed by atoms with Crippen LogP contribution in [0.15, 0.2) is 53.4 Å². The van der Waals surface area contributed by atoms with Crippen molar-refractivity contribution in [2.75, 3.05) is 17.8 Å². The number of hydrogen-bond donors (Lipinski definition) is 1. The summed E-state index contributed by atoms with van der Waals surface area (Å²) in [6.45, 7) is 5.51. The summed E-state index contributed by atoms with van der Waals surface area (Å²) in [6.07, 6.45) is 2.16. The normalized spacial score (nSPS) is 17.8. The van der Waals surface area contributed by atoms with E-state index < -0.39 is 10.0 Å². The summed E-state index contributed by atoms with van der Waals surface area (Å²) in [5.74, 6) is 0.470. The number of aryl methyl sites for hydroxylation is 1. The maximum Gasteiger partial charge on any atom is 0.261 e. The molecule has 26 heavy (non-hydrogen) atoms. The molecule has 0 aliphatic carbocycles. The molecule has 5 nitrogen and oxygen atoms in total. The molecular formula is C20H24N2O3S. The molecule has 1 aliphatic heterocycles. The van der Waals surface area contributed by atoms with Gasteiger partial charge in [-0.2, -0.15) is 0 Å². The highest BCUT2D eigenvalue weighted by molar-refractivity contribution is 7.92. The molecular weight excluding hydrogens is 348 g/mol. The van der Waals surface area contributed by atoms with Crippen molar-refractivity contribution < 1.29 is 13.2 Å². The summed E-state index contributed by atoms with van der Waals surface area (Å²) in [5.41, 5.74) is 1.92. The van der Waals surface area contributed by atoms with Crippen LogP contribution in [0.3, 0.4) is 0 Å². The molecule has 2 aromatic rings. The second-order valence-corrected chi connectivity index (χ2v) is 8.63. The van der Waals surface area contributed by atoms with E-state index in [1.807, 2.05) is 24.0 Å². The Bertz CT molecular complexity index is 892. The molecule has 0 radical (unpaired) electrons. The van der Waals surface area contributed by atoms with Crippen molar-refractivity contribution in [3.05, 3.63) is 59.7 Å². The zero-order valence-electron chi connectivity index (χ0n) is 15.1. The number of nitrogens with one attached hydrogen (secondary N) is 1. The predicted molar refractivity (Wildman–Crippen MR) is 103 cm³/mol. The molecule has 1 aliphatic rings. The van der Waals surface area contributed by atoms with Gasteiger partial charge in [-0.3, -0.25) is 9.52 Å². The minimum Gasteiger partial charge on any atom is -0.338 e. The fourth-order valence-electron chi connectivity index (χ4n) is 3.22. The van der Waals surface area contributed by atoms with Gasteiger partial charge in [0.1, 0.15) is 0 Å². The number of piperidine rings is 1. The summed E-state index contributed by atoms with van der Waals surface area (Å²) < 4.78 is 27.7. The van der Waals surface area contributed by atoms with Crippen LogP contribution in [0.25, 0.3) is 0 Å². The van der Waals surface area contributed by atoms with Crippen molar-refractivity contribution in [2.45, 2.75) is 31.6 Å². The second-order valence-electron chi connectivity index (χ2n) is 6.94. The Hall–Kier alpha value is -2.34. The number of likely N-dealkylation sites (tertiary alicyclic amines) is 1. The lowest BCUT2D eigenvalue weighted by atomic mass is 9.99. The van der Waals surface area contributed by atoms with Gasteiger partial charge in [0, 0.05) is 18.7 Å². The van der Waals surface area contributed by atoms with E-state index >= 15 is 0 Å². The van der Waals surface area contributed by atoms with Gasteiger partial charge in [0.05, 0.1) is 10.6 Å². The van der Waals surface area contributed by atoms with Crippen molar-refractivity contribution >= 4 is 21.6 Å². The molecule has 1 heterocycles. The Kier molecular flexibility index (Phi) is 5.32. The van der Waals surface area contributed by atoms with Crippen LogP contribution in [0.1, 0.15) is 35.7 Å². The lowest BCUT2D eigenvalue weighted by Gasteiger charge is -2.31. The second kappa shape index (κ2) is 7.50. The van der Waals surface area contributed by atoms with Crippen molar-refractivity contribution in [1.29, 1.82) is 0 Å². The van der Waals surface area contributed by atoms with Crippen molar-refractivity contribution in [3.8, 4) is 0 Å². The molecule has 1 N–H and O–H groups in total. The zero-order chi connectivity index (χ0) is 18.7. The summed E-state index contributed by atoms with van der Waals surface area (Å²) in [7, 11) is -3.69. The number of para-hydroxylation sites is 1. The van der Waals surface area contributed by atoms with Crippen molar-refractivity contribution in [1.82, 2.24) is 4.90 Å². The summed E-state index contributed by atoms with van der Waals surface area (Å²) in [4.78, 5) is 14.6. The average Bonchev–Trinajstić information content (AvgIpc) is 2.63. The van der Waals surface area contributed by atoms with Gasteiger partial charge in [0.2, 0.25) is 0 Å². The molecule has 1 amide bonds. The predicted octanol–water partition coefficient (Wildman–Crippen LogP) is 3.67. The lowest BCUT2D eigenvalue weighted by molar-refractivity contribution is 0.0683. The molecule has 0 bridgehead atoms. The van der Waals surface area contributed by atoms with E-state index in [0.717, 1.165) is 31.5 Å². The van der Waals surface area contributed by atoms with Crippen LogP contribution in [0, 0.1) is 12.8 Å². The van der Waals surface area contributed by atoms with Crippen molar-refractivity contribution in [2.24, 2.45) is 5.92 Å². The fourth-order valence-corrected chi connectivity index (χ4v) is 4.35. The number of carbonyl (C=O) groups excluding carboxylic acids is 1. The number of benzene rings is 2. The molecule has 1 unspecified atom stereocenters. The summed E-state index contributed by atoms with van der Waals surface area (Å²) >= 11 is 0. The third-order valence-electron chi connectivity index (χ3n) is 4.75. The molecule has 1 atom stereocenters. The van der Waals surface area contributed by atoms with Crippen LogP contribution in [-0.4, -0.2) is 32.3 Å². The Morgan fingerprint density at radius 1 is 1.12 bits per heavy atom. The standard InChI is InChI=1S/C20H24N2O3S/c1-15-6-5-13-22(14-15)20(23)17-9-11-18(12-10-17)26(24,25)21-19-8-4-3-7-16(19)2/h3-4,7-12,15,21H,5-6,13-14H2,1-2H3. The van der Waals surface area contributed by atoms with Crippen LogP contribution < -0.4 is 4.72 Å². The van der Waals surface area contributed by atoms with Crippen LogP contribution in [0.2, 0.25) is 0 Å². The van der Waals surface area contributed by atoms with E-state index in [0.29, 0.717) is 17.2 Å². The topological polar surface area (TPSA) is 66.5 Å². The zero-order valence-corrected chi connectivity index (χ0v) is 15.9. The van der Waals surface area contributed by atoms with Gasteiger partial charge in [-0.25, -0.2) is 8.42 Å². The lowest BCUT2D eigenvalue weighted by Crippen LogP contribution is -2.39. The Morgan fingerprint density at radius 3 is 2.46 bits per heavy atom. The van der Waals surface area contributed by atoms with E-state index in [4.69, 9.17) is 0 Å². The molecule has 0 spiro atoms. The SMILES string of the molecule is Cc1ccccc1NS(=O)(=O)c1ccc(C(=O)N2CCCC(C)C2)cc1. The molecule has 0 aromatic heterocycles. The molecule has 1 fully saturated rings. The number of hydrogen-bond acceptors (Lipinski definition) is 3. The van der Waals surface area contributed by atoms with Gasteiger partial charge in [0.25, 0.3) is 15.9 Å². The fraction of sp³-hybridized carbons (Fsp3) is 0.350. The van der Waals surface area contributed by atoms with Gasteiger partial charge >= 0.3 is 0 Å². The highest BCUT2D eigenvalue weighted by Crippen LogP contribution is 2.21. The van der Waals surface area contributed by atoms with Gasteiger partial charge in [-0.05, 0) is 61.6 Å². The number of sulfonamides is 1. The Morgan fingerprint density at radius 2 is 1.81 bits per heavy atom. The average molecular weight is 372 g/mol. The van der Waals surface area contributed by atoms with E-state index in [1.54, 1.807) is 24.3 Å². The molecule has 138 valence electrons. The van der Waals surface area contributed by atoms with Crippen LogP contribution in [0.4, 0.5) is 5.69 Å². The third-order valence-corrected chi connectivity index (χ3v) is 6.13. The minimum absolute atomic E-state index is 0.0349. The van der Waals surface area contributed by atoms with Gasteiger partial charge in [0.15, 0.2) is 0 Å². The van der Waals surface area contributed by atoms with Crippen LogP contribution >= 0.6 is 0 Å². The van der Waals surface area contributed by atoms with Crippen LogP contribution in [0.5, 0.6) is 0 Å². The van der Waals surface area contributed by atoms with Crippen molar-refractivity contribution in [3.63, 3.8) is 0 Å². The number of anilines is 1. The number of rotatable bonds is 4. The highest BCUT2D eigenvalue weighted by atomic mass is 32.2. The molecule has 1 saturated heterocycles. The minimum atomic E-state index is -3.69. The number of nitrogens with zero attached hydrogens (tertiary/aromatic N) is 1. The van der Waals surface area contributed by atoms with E-state index in [-0.39, 0.29) is 10.8 Å². The molecule has 0 saturated carbocycles. The maximum absolute atomic E-state index is 12.6. The van der Waals surface area contributed by atoms with E-state index in [1.165, 1.54) is 12.1 Å². The van der Waals surface area contributed by atoms with Crippen LogP contribution in [-0.2, 0) is 10.0 Å².